The summed E-state index contributed by atoms with van der Waals surface area (Å²) in [5.41, 5.74) is 0.854. The van der Waals surface area contributed by atoms with Crippen LogP contribution in [-0.4, -0.2) is 64.4 Å². The molecule has 0 spiro atoms. The normalized spacial score (nSPS) is 14.6. The Morgan fingerprint density at radius 3 is 2.17 bits per heavy atom. The molecule has 30 heavy (non-hydrogen) atoms. The summed E-state index contributed by atoms with van der Waals surface area (Å²) in [6, 6.07) is 3.65. The van der Waals surface area contributed by atoms with Gasteiger partial charge in [0.1, 0.15) is 17.2 Å². The number of aliphatic imine (C=N–C) groups is 1. The minimum atomic E-state index is -0.0956. The van der Waals surface area contributed by atoms with Crippen molar-refractivity contribution in [1.82, 2.24) is 10.2 Å². The number of carbonyl (C=O) groups is 1. The summed E-state index contributed by atoms with van der Waals surface area (Å²) in [6.45, 7) is 6.97. The highest BCUT2D eigenvalue weighted by Crippen LogP contribution is 2.34. The number of hydrogen-bond donors (Lipinski definition) is 1. The van der Waals surface area contributed by atoms with Gasteiger partial charge in [-0.15, -0.1) is 24.0 Å². The number of guanidine groups is 1. The monoisotopic (exact) mass is 535 g/mol. The van der Waals surface area contributed by atoms with Gasteiger partial charge >= 0.3 is 5.97 Å². The van der Waals surface area contributed by atoms with Gasteiger partial charge in [0.25, 0.3) is 0 Å². The van der Waals surface area contributed by atoms with E-state index in [0.29, 0.717) is 30.4 Å². The Morgan fingerprint density at radius 1 is 1.10 bits per heavy atom. The average Bonchev–Trinajstić information content (AvgIpc) is 2.76. The van der Waals surface area contributed by atoms with Crippen molar-refractivity contribution in [1.29, 1.82) is 0 Å². The maximum atomic E-state index is 12.0. The van der Waals surface area contributed by atoms with Gasteiger partial charge in [-0.3, -0.25) is 4.79 Å². The number of nitrogens with zero attached hydrogens (tertiary/aromatic N) is 2. The summed E-state index contributed by atoms with van der Waals surface area (Å²) in [5, 5.41) is 3.34. The van der Waals surface area contributed by atoms with Crippen molar-refractivity contribution in [3.63, 3.8) is 0 Å². The van der Waals surface area contributed by atoms with E-state index in [0.717, 1.165) is 44.0 Å². The molecule has 1 aromatic rings. The molecule has 1 heterocycles. The standard InChI is InChI=1S/C21H33N3O5.HI/c1-6-22-21(24-10-8-15(9-11-24)20(25)29-7-2)23-14-17-18(27-4)12-16(26-3)13-19(17)28-5;/h12-13,15H,6-11,14H2,1-5H3,(H,22,23);1H. The Hall–Kier alpha value is -1.91. The molecule has 170 valence electrons. The zero-order valence-corrected chi connectivity index (χ0v) is 20.9. The van der Waals surface area contributed by atoms with Gasteiger partial charge in [-0.25, -0.2) is 4.99 Å². The van der Waals surface area contributed by atoms with Crippen LogP contribution in [0.4, 0.5) is 0 Å². The fraction of sp³-hybridized carbons (Fsp3) is 0.619. The topological polar surface area (TPSA) is 81.6 Å². The van der Waals surface area contributed by atoms with Gasteiger partial charge in [0.15, 0.2) is 5.96 Å². The zero-order valence-electron chi connectivity index (χ0n) is 18.5. The quantitative estimate of drug-likeness (QED) is 0.237. The summed E-state index contributed by atoms with van der Waals surface area (Å²) in [4.78, 5) is 19.0. The van der Waals surface area contributed by atoms with Gasteiger partial charge in [0.05, 0.1) is 46.0 Å². The Bertz CT molecular complexity index is 681. The van der Waals surface area contributed by atoms with Crippen LogP contribution in [0.2, 0.25) is 0 Å². The lowest BCUT2D eigenvalue weighted by Gasteiger charge is -2.33. The molecule has 0 saturated carbocycles. The van der Waals surface area contributed by atoms with Crippen LogP contribution in [0, 0.1) is 5.92 Å². The van der Waals surface area contributed by atoms with Gasteiger partial charge in [-0.2, -0.15) is 0 Å². The Labute approximate surface area is 196 Å². The third kappa shape index (κ3) is 6.82. The molecule has 1 N–H and O–H groups in total. The zero-order chi connectivity index (χ0) is 21.2. The predicted octanol–water partition coefficient (Wildman–Crippen LogP) is 3.07. The van der Waals surface area contributed by atoms with E-state index in [9.17, 15) is 4.79 Å². The number of esters is 1. The second-order valence-electron chi connectivity index (χ2n) is 6.69. The van der Waals surface area contributed by atoms with E-state index < -0.39 is 0 Å². The number of rotatable bonds is 8. The summed E-state index contributed by atoms with van der Waals surface area (Å²) >= 11 is 0. The number of ether oxygens (including phenoxy) is 4. The number of methoxy groups -OCH3 is 3. The van der Waals surface area contributed by atoms with Crippen LogP contribution in [0.25, 0.3) is 0 Å². The van der Waals surface area contributed by atoms with E-state index in [2.05, 4.69) is 10.2 Å². The molecule has 0 aliphatic carbocycles. The van der Waals surface area contributed by atoms with Crippen molar-refractivity contribution in [2.45, 2.75) is 33.2 Å². The number of carbonyl (C=O) groups excluding carboxylic acids is 1. The van der Waals surface area contributed by atoms with E-state index in [1.54, 1.807) is 21.3 Å². The Morgan fingerprint density at radius 2 is 1.70 bits per heavy atom. The second-order valence-corrected chi connectivity index (χ2v) is 6.69. The number of hydrogen-bond acceptors (Lipinski definition) is 6. The van der Waals surface area contributed by atoms with Crippen LogP contribution in [-0.2, 0) is 16.1 Å². The predicted molar refractivity (Wildman–Crippen MR) is 127 cm³/mol. The van der Waals surface area contributed by atoms with Crippen molar-refractivity contribution >= 4 is 35.9 Å². The number of nitrogens with one attached hydrogen (secondary N) is 1. The number of benzene rings is 1. The van der Waals surface area contributed by atoms with Crippen molar-refractivity contribution in [3.8, 4) is 17.2 Å². The molecule has 1 saturated heterocycles. The highest BCUT2D eigenvalue weighted by Gasteiger charge is 2.27. The third-order valence-electron chi connectivity index (χ3n) is 4.95. The van der Waals surface area contributed by atoms with Crippen molar-refractivity contribution in [2.75, 3.05) is 47.6 Å². The van der Waals surface area contributed by atoms with E-state index >= 15 is 0 Å². The second kappa shape index (κ2) is 13.4. The summed E-state index contributed by atoms with van der Waals surface area (Å²) < 4.78 is 21.5. The average molecular weight is 535 g/mol. The fourth-order valence-electron chi connectivity index (χ4n) is 3.40. The highest BCUT2D eigenvalue weighted by molar-refractivity contribution is 14.0. The maximum absolute atomic E-state index is 12.0. The molecule has 1 fully saturated rings. The molecule has 0 amide bonds. The van der Waals surface area contributed by atoms with Gasteiger partial charge in [0, 0.05) is 31.8 Å². The molecule has 1 aromatic carbocycles. The van der Waals surface area contributed by atoms with Crippen LogP contribution in [0.3, 0.4) is 0 Å². The van der Waals surface area contributed by atoms with Gasteiger partial charge in [-0.05, 0) is 26.7 Å². The molecule has 0 unspecified atom stereocenters. The first kappa shape index (κ1) is 26.1. The SMILES string of the molecule is CCNC(=NCc1c(OC)cc(OC)cc1OC)N1CCC(C(=O)OCC)CC1.I. The highest BCUT2D eigenvalue weighted by atomic mass is 127. The minimum Gasteiger partial charge on any atom is -0.496 e. The molecule has 0 bridgehead atoms. The molecule has 0 aromatic heterocycles. The van der Waals surface area contributed by atoms with Crippen molar-refractivity contribution in [2.24, 2.45) is 10.9 Å². The van der Waals surface area contributed by atoms with Crippen LogP contribution in [0.5, 0.6) is 17.2 Å². The van der Waals surface area contributed by atoms with Crippen LogP contribution in [0.15, 0.2) is 17.1 Å². The Balaban J connectivity index is 0.00000450. The molecule has 9 heteroatoms. The van der Waals surface area contributed by atoms with Gasteiger partial charge in [0.2, 0.25) is 0 Å². The summed E-state index contributed by atoms with van der Waals surface area (Å²) in [5.74, 6) is 2.69. The van der Waals surface area contributed by atoms with Gasteiger partial charge < -0.3 is 29.2 Å². The maximum Gasteiger partial charge on any atom is 0.309 e. The van der Waals surface area contributed by atoms with E-state index in [4.69, 9.17) is 23.9 Å². The fourth-order valence-corrected chi connectivity index (χ4v) is 3.40. The third-order valence-corrected chi connectivity index (χ3v) is 4.95. The number of halogens is 1. The first-order chi connectivity index (χ1) is 14.1. The van der Waals surface area contributed by atoms with Crippen molar-refractivity contribution < 1.29 is 23.7 Å². The smallest absolute Gasteiger partial charge is 0.309 e. The number of piperidine rings is 1. The molecule has 0 radical (unpaired) electrons. The lowest BCUT2D eigenvalue weighted by molar-refractivity contribution is -0.149. The first-order valence-electron chi connectivity index (χ1n) is 10.1. The minimum absolute atomic E-state index is 0. The van der Waals surface area contributed by atoms with Crippen molar-refractivity contribution in [3.05, 3.63) is 17.7 Å². The molecule has 2 rings (SSSR count). The van der Waals surface area contributed by atoms with E-state index in [1.807, 2.05) is 26.0 Å². The Kier molecular flexibility index (Phi) is 11.7. The van der Waals surface area contributed by atoms with Crippen LogP contribution in [0.1, 0.15) is 32.3 Å². The van der Waals surface area contributed by atoms with Crippen LogP contribution < -0.4 is 19.5 Å². The number of likely N-dealkylation sites (tertiary alicyclic amines) is 1. The largest absolute Gasteiger partial charge is 0.496 e. The molecule has 0 atom stereocenters. The molecular formula is C21H34IN3O5. The molecule has 1 aliphatic rings. The lowest BCUT2D eigenvalue weighted by Crippen LogP contribution is -2.46. The molecular weight excluding hydrogens is 501 g/mol. The molecule has 8 nitrogen and oxygen atoms in total. The van der Waals surface area contributed by atoms with Crippen LogP contribution >= 0.6 is 24.0 Å². The van der Waals surface area contributed by atoms with Gasteiger partial charge in [-0.1, -0.05) is 0 Å². The first-order valence-corrected chi connectivity index (χ1v) is 10.1. The van der Waals surface area contributed by atoms with E-state index in [-0.39, 0.29) is 35.9 Å². The summed E-state index contributed by atoms with van der Waals surface area (Å²) in [6.07, 6.45) is 1.52. The molecule has 1 aliphatic heterocycles. The van der Waals surface area contributed by atoms with E-state index in [1.165, 1.54) is 0 Å². The summed E-state index contributed by atoms with van der Waals surface area (Å²) in [7, 11) is 4.84. The lowest BCUT2D eigenvalue weighted by atomic mass is 9.97.